The summed E-state index contributed by atoms with van der Waals surface area (Å²) in [5.74, 6) is 0. The summed E-state index contributed by atoms with van der Waals surface area (Å²) in [6, 6.07) is 20.3. The Morgan fingerprint density at radius 3 is 1.44 bits per heavy atom. The average molecular weight is 231 g/mol. The summed E-state index contributed by atoms with van der Waals surface area (Å²) in [5.41, 5.74) is 2.24. The quantitative estimate of drug-likeness (QED) is 0.759. The van der Waals surface area contributed by atoms with Crippen molar-refractivity contribution in [3.05, 3.63) is 60.7 Å². The predicted octanol–water partition coefficient (Wildman–Crippen LogP) is 4.31. The molecule has 0 heterocycles. The van der Waals surface area contributed by atoms with Crippen LogP contribution in [0.1, 0.15) is 6.92 Å². The van der Waals surface area contributed by atoms with E-state index in [1.165, 1.54) is 6.16 Å². The van der Waals surface area contributed by atoms with Crippen molar-refractivity contribution in [1.29, 1.82) is 0 Å². The zero-order valence-corrected chi connectivity index (χ0v) is 10.7. The van der Waals surface area contributed by atoms with Gasteiger partial charge < -0.3 is 5.32 Å². The monoisotopic (exact) mass is 231 g/mol. The molecule has 1 N–H and O–H groups in total. The van der Waals surface area contributed by atoms with Gasteiger partial charge in [-0.3, -0.25) is 0 Å². The first-order valence-corrected chi connectivity index (χ1v) is 6.25. The van der Waals surface area contributed by atoms with Gasteiger partial charge in [-0.1, -0.05) is 43.3 Å². The molecule has 0 saturated heterocycles. The first-order valence-electron chi connectivity index (χ1n) is 5.44. The molecule has 2 aromatic rings. The largest absolute Gasteiger partial charge is 0.356 e. The molecule has 0 aliphatic heterocycles. The van der Waals surface area contributed by atoms with Gasteiger partial charge in [-0.05, 0) is 30.4 Å². The van der Waals surface area contributed by atoms with E-state index in [4.69, 9.17) is 0 Å². The SMILES string of the molecule is CCP.c1ccc(Nc2ccccc2)cc1. The van der Waals surface area contributed by atoms with Crippen molar-refractivity contribution in [3.63, 3.8) is 0 Å². The van der Waals surface area contributed by atoms with Crippen molar-refractivity contribution in [3.8, 4) is 0 Å². The molecule has 1 atom stereocenters. The standard InChI is InChI=1S/C12H11N.C2H7P/c1-3-7-11(8-4-1)13-12-9-5-2-6-10-12;1-2-3/h1-10,13H;2-3H2,1H3. The molecule has 0 spiro atoms. The Hall–Kier alpha value is -1.33. The van der Waals surface area contributed by atoms with Gasteiger partial charge in [0, 0.05) is 11.4 Å². The third-order valence-corrected chi connectivity index (χ3v) is 1.84. The zero-order chi connectivity index (χ0) is 11.6. The summed E-state index contributed by atoms with van der Waals surface area (Å²) in [7, 11) is 2.58. The van der Waals surface area contributed by atoms with Crippen molar-refractivity contribution in [2.75, 3.05) is 11.5 Å². The number of para-hydroxylation sites is 2. The Labute approximate surface area is 100 Å². The maximum Gasteiger partial charge on any atom is 0.0384 e. The molecule has 0 saturated carbocycles. The number of hydrogen-bond donors (Lipinski definition) is 1. The second-order valence-corrected chi connectivity index (χ2v) is 4.08. The lowest BCUT2D eigenvalue weighted by Crippen LogP contribution is -1.87. The predicted molar refractivity (Wildman–Crippen MR) is 76.4 cm³/mol. The third kappa shape index (κ3) is 4.95. The van der Waals surface area contributed by atoms with E-state index in [0.29, 0.717) is 0 Å². The Kier molecular flexibility index (Phi) is 6.29. The van der Waals surface area contributed by atoms with Crippen LogP contribution in [0, 0.1) is 0 Å². The summed E-state index contributed by atoms with van der Waals surface area (Å²) in [6.45, 7) is 2.09. The molecule has 0 radical (unpaired) electrons. The van der Waals surface area contributed by atoms with Crippen LogP contribution in [0.2, 0.25) is 0 Å². The maximum atomic E-state index is 3.30. The van der Waals surface area contributed by atoms with Crippen LogP contribution in [0.4, 0.5) is 11.4 Å². The molecular formula is C14H18NP. The van der Waals surface area contributed by atoms with E-state index in [-0.39, 0.29) is 0 Å². The van der Waals surface area contributed by atoms with E-state index in [2.05, 4.69) is 21.5 Å². The van der Waals surface area contributed by atoms with Crippen molar-refractivity contribution in [2.45, 2.75) is 6.92 Å². The summed E-state index contributed by atoms with van der Waals surface area (Å²) in [4.78, 5) is 0. The van der Waals surface area contributed by atoms with Crippen LogP contribution in [0.25, 0.3) is 0 Å². The second-order valence-electron chi connectivity index (χ2n) is 3.27. The Bertz CT molecular complexity index is 335. The van der Waals surface area contributed by atoms with E-state index < -0.39 is 0 Å². The molecule has 1 nitrogen and oxygen atoms in total. The minimum Gasteiger partial charge on any atom is -0.356 e. The molecule has 84 valence electrons. The molecule has 1 unspecified atom stereocenters. The van der Waals surface area contributed by atoms with Crippen LogP contribution < -0.4 is 5.32 Å². The van der Waals surface area contributed by atoms with Crippen LogP contribution in [0.15, 0.2) is 60.7 Å². The van der Waals surface area contributed by atoms with E-state index in [0.717, 1.165) is 11.4 Å². The second kappa shape index (κ2) is 7.90. The highest BCUT2D eigenvalue weighted by Gasteiger charge is 1.89. The van der Waals surface area contributed by atoms with Gasteiger partial charge >= 0.3 is 0 Å². The van der Waals surface area contributed by atoms with Crippen molar-refractivity contribution in [2.24, 2.45) is 0 Å². The molecule has 0 bridgehead atoms. The molecule has 0 aromatic heterocycles. The molecule has 2 aromatic carbocycles. The topological polar surface area (TPSA) is 12.0 Å². The highest BCUT2D eigenvalue weighted by Crippen LogP contribution is 2.14. The number of benzene rings is 2. The number of rotatable bonds is 2. The van der Waals surface area contributed by atoms with Crippen molar-refractivity contribution < 1.29 is 0 Å². The minimum atomic E-state index is 1.12. The first-order chi connectivity index (χ1) is 7.86. The molecule has 0 amide bonds. The highest BCUT2D eigenvalue weighted by atomic mass is 31.0. The van der Waals surface area contributed by atoms with Crippen LogP contribution in [0.3, 0.4) is 0 Å². The molecule has 0 aliphatic rings. The normalized spacial score (nSPS) is 8.88. The first kappa shape index (κ1) is 12.7. The van der Waals surface area contributed by atoms with Crippen molar-refractivity contribution in [1.82, 2.24) is 0 Å². The zero-order valence-electron chi connectivity index (χ0n) is 9.56. The van der Waals surface area contributed by atoms with Gasteiger partial charge in [0.15, 0.2) is 0 Å². The third-order valence-electron chi connectivity index (χ3n) is 1.84. The summed E-state index contributed by atoms with van der Waals surface area (Å²) < 4.78 is 0. The molecular weight excluding hydrogens is 213 g/mol. The Morgan fingerprint density at radius 2 is 1.12 bits per heavy atom. The van der Waals surface area contributed by atoms with Crippen LogP contribution in [-0.2, 0) is 0 Å². The Morgan fingerprint density at radius 1 is 0.812 bits per heavy atom. The van der Waals surface area contributed by atoms with Crippen molar-refractivity contribution >= 4 is 20.6 Å². The fraction of sp³-hybridized carbons (Fsp3) is 0.143. The average Bonchev–Trinajstić information content (AvgIpc) is 2.33. The van der Waals surface area contributed by atoms with Gasteiger partial charge in [-0.15, -0.1) is 9.24 Å². The van der Waals surface area contributed by atoms with Gasteiger partial charge in [0.1, 0.15) is 0 Å². The lowest BCUT2D eigenvalue weighted by atomic mass is 10.3. The van der Waals surface area contributed by atoms with Crippen LogP contribution in [0.5, 0.6) is 0 Å². The number of nitrogens with one attached hydrogen (secondary N) is 1. The molecule has 0 aliphatic carbocycles. The van der Waals surface area contributed by atoms with Crippen LogP contribution >= 0.6 is 9.24 Å². The summed E-state index contributed by atoms with van der Waals surface area (Å²) >= 11 is 0. The number of hydrogen-bond acceptors (Lipinski definition) is 1. The molecule has 0 fully saturated rings. The summed E-state index contributed by atoms with van der Waals surface area (Å²) in [5, 5.41) is 3.30. The maximum absolute atomic E-state index is 3.30. The highest BCUT2D eigenvalue weighted by molar-refractivity contribution is 7.16. The fourth-order valence-electron chi connectivity index (χ4n) is 1.21. The smallest absolute Gasteiger partial charge is 0.0384 e. The molecule has 2 heteroatoms. The van der Waals surface area contributed by atoms with Gasteiger partial charge in [0.25, 0.3) is 0 Å². The van der Waals surface area contributed by atoms with Gasteiger partial charge in [-0.25, -0.2) is 0 Å². The van der Waals surface area contributed by atoms with E-state index in [9.17, 15) is 0 Å². The van der Waals surface area contributed by atoms with Gasteiger partial charge in [0.2, 0.25) is 0 Å². The lowest BCUT2D eigenvalue weighted by Gasteiger charge is -2.04. The van der Waals surface area contributed by atoms with Gasteiger partial charge in [-0.2, -0.15) is 0 Å². The summed E-state index contributed by atoms with van der Waals surface area (Å²) in [6.07, 6.45) is 1.17. The van der Waals surface area contributed by atoms with Gasteiger partial charge in [0.05, 0.1) is 0 Å². The number of anilines is 2. The Balaban J connectivity index is 0.000000386. The van der Waals surface area contributed by atoms with Crippen LogP contribution in [-0.4, -0.2) is 6.16 Å². The molecule has 16 heavy (non-hydrogen) atoms. The van der Waals surface area contributed by atoms with E-state index >= 15 is 0 Å². The minimum absolute atomic E-state index is 1.12. The van der Waals surface area contributed by atoms with E-state index in [1.54, 1.807) is 0 Å². The molecule has 2 rings (SSSR count). The fourth-order valence-corrected chi connectivity index (χ4v) is 1.21. The lowest BCUT2D eigenvalue weighted by molar-refractivity contribution is 1.53. The van der Waals surface area contributed by atoms with E-state index in [1.807, 2.05) is 60.7 Å².